The van der Waals surface area contributed by atoms with E-state index in [-0.39, 0.29) is 17.9 Å². The van der Waals surface area contributed by atoms with E-state index in [1.807, 2.05) is 35.2 Å². The fourth-order valence-corrected chi connectivity index (χ4v) is 7.03. The number of primary amides is 1. The Kier molecular flexibility index (Phi) is 9.10. The molecule has 2 N–H and O–H groups in total. The highest BCUT2D eigenvalue weighted by Crippen LogP contribution is 2.47. The van der Waals surface area contributed by atoms with Crippen LogP contribution in [0.1, 0.15) is 47.2 Å². The number of hydrogen-bond acceptors (Lipinski definition) is 6. The molecule has 5 rings (SSSR count). The van der Waals surface area contributed by atoms with E-state index in [0.29, 0.717) is 61.0 Å². The summed E-state index contributed by atoms with van der Waals surface area (Å²) in [5, 5.41) is 0. The first kappa shape index (κ1) is 31.3. The molecule has 0 radical (unpaired) electrons. The molecule has 2 fully saturated rings. The lowest BCUT2D eigenvalue weighted by molar-refractivity contribution is -0.126. The first-order chi connectivity index (χ1) is 21.1. The van der Waals surface area contributed by atoms with Crippen molar-refractivity contribution in [3.05, 3.63) is 89.0 Å². The Morgan fingerprint density at radius 2 is 1.59 bits per heavy atom. The van der Waals surface area contributed by atoms with Crippen molar-refractivity contribution in [2.24, 2.45) is 11.7 Å². The molecule has 4 unspecified atom stereocenters. The molecule has 0 aliphatic carbocycles. The molecule has 3 aromatic carbocycles. The average Bonchev–Trinajstić information content (AvgIpc) is 3.55. The predicted molar refractivity (Wildman–Crippen MR) is 162 cm³/mol. The maximum absolute atomic E-state index is 14.5. The third-order valence-electron chi connectivity index (χ3n) is 9.56. The van der Waals surface area contributed by atoms with Crippen molar-refractivity contribution in [2.45, 2.75) is 37.1 Å². The van der Waals surface area contributed by atoms with Gasteiger partial charge in [0.05, 0.1) is 26.7 Å². The van der Waals surface area contributed by atoms with Crippen LogP contribution in [-0.4, -0.2) is 75.2 Å². The summed E-state index contributed by atoms with van der Waals surface area (Å²) in [7, 11) is 4.53. The molecule has 2 heterocycles. The van der Waals surface area contributed by atoms with Crippen molar-refractivity contribution in [2.75, 3.05) is 47.5 Å². The average molecular weight is 608 g/mol. The van der Waals surface area contributed by atoms with Gasteiger partial charge in [0.2, 0.25) is 11.7 Å². The topological polar surface area (TPSA) is 94.3 Å². The second kappa shape index (κ2) is 12.8. The number of amides is 2. The Balaban J connectivity index is 1.39. The van der Waals surface area contributed by atoms with E-state index in [4.69, 9.17) is 19.9 Å². The van der Waals surface area contributed by atoms with Gasteiger partial charge in [0.25, 0.3) is 5.91 Å². The van der Waals surface area contributed by atoms with Crippen LogP contribution in [-0.2, 0) is 10.2 Å². The molecule has 0 bridgehead atoms. The normalized spacial score (nSPS) is 22.8. The molecule has 44 heavy (non-hydrogen) atoms. The molecule has 2 amide bonds. The van der Waals surface area contributed by atoms with Gasteiger partial charge in [-0.1, -0.05) is 36.4 Å². The summed E-state index contributed by atoms with van der Waals surface area (Å²) in [4.78, 5) is 31.0. The van der Waals surface area contributed by atoms with Crippen LogP contribution in [0.4, 0.5) is 8.78 Å². The van der Waals surface area contributed by atoms with E-state index in [9.17, 15) is 18.4 Å². The van der Waals surface area contributed by atoms with E-state index in [2.05, 4.69) is 11.8 Å². The molecular weight excluding hydrogens is 568 g/mol. The Hall–Kier alpha value is -4.18. The molecule has 0 spiro atoms. The number of carbonyl (C=O) groups is 2. The number of rotatable bonds is 9. The molecule has 0 saturated carbocycles. The van der Waals surface area contributed by atoms with Crippen molar-refractivity contribution in [3.63, 3.8) is 0 Å². The van der Waals surface area contributed by atoms with Gasteiger partial charge in [-0.2, -0.15) is 0 Å². The number of carbonyl (C=O) groups excluding carboxylic acids is 2. The standard InChI is InChI=1S/C34H39F2N3O5/c1-21(23-12-14-39(19-23)32(40)24-17-29(42-2)31(44-4)30(18-24)43-3)38-15-13-34(33(37)41,25-8-6-5-7-9-25)26(20-38)22-10-11-27(35)28(36)16-22/h5-11,16-18,21,23,26H,12-15,19-20H2,1-4H3,(H2,37,41). The summed E-state index contributed by atoms with van der Waals surface area (Å²) >= 11 is 0. The van der Waals surface area contributed by atoms with Crippen molar-refractivity contribution in [3.8, 4) is 17.2 Å². The molecule has 3 aromatic rings. The van der Waals surface area contributed by atoms with Crippen LogP contribution in [0.3, 0.4) is 0 Å². The van der Waals surface area contributed by atoms with Crippen molar-refractivity contribution in [1.29, 1.82) is 0 Å². The Labute approximate surface area is 256 Å². The van der Waals surface area contributed by atoms with Gasteiger partial charge in [0.15, 0.2) is 23.1 Å². The SMILES string of the molecule is COc1cc(C(=O)N2CCC(C(C)N3CCC(C(N)=O)(c4ccccc4)C(c4ccc(F)c(F)c4)C3)C2)cc(OC)c1OC. The maximum Gasteiger partial charge on any atom is 0.254 e. The Morgan fingerprint density at radius 1 is 0.909 bits per heavy atom. The van der Waals surface area contributed by atoms with Gasteiger partial charge < -0.3 is 24.8 Å². The molecule has 8 nitrogen and oxygen atoms in total. The second-order valence-corrected chi connectivity index (χ2v) is 11.6. The summed E-state index contributed by atoms with van der Waals surface area (Å²) in [6, 6.07) is 16.5. The number of nitrogens with zero attached hydrogens (tertiary/aromatic N) is 2. The van der Waals surface area contributed by atoms with E-state index in [1.54, 1.807) is 18.2 Å². The summed E-state index contributed by atoms with van der Waals surface area (Å²) < 4.78 is 44.8. The number of piperidine rings is 1. The van der Waals surface area contributed by atoms with Crippen LogP contribution >= 0.6 is 0 Å². The van der Waals surface area contributed by atoms with Crippen molar-refractivity contribution >= 4 is 11.8 Å². The van der Waals surface area contributed by atoms with Gasteiger partial charge in [-0.15, -0.1) is 0 Å². The third kappa shape index (κ3) is 5.58. The summed E-state index contributed by atoms with van der Waals surface area (Å²) in [6.07, 6.45) is 1.21. The molecule has 234 valence electrons. The Morgan fingerprint density at radius 3 is 2.18 bits per heavy atom. The lowest BCUT2D eigenvalue weighted by Gasteiger charge is -2.49. The minimum atomic E-state index is -1.09. The second-order valence-electron chi connectivity index (χ2n) is 11.6. The third-order valence-corrected chi connectivity index (χ3v) is 9.56. The van der Waals surface area contributed by atoms with E-state index in [0.717, 1.165) is 18.1 Å². The molecule has 2 aliphatic rings. The van der Waals surface area contributed by atoms with Gasteiger partial charge in [-0.05, 0) is 67.6 Å². The van der Waals surface area contributed by atoms with Crippen LogP contribution in [0.2, 0.25) is 0 Å². The first-order valence-electron chi connectivity index (χ1n) is 14.8. The van der Waals surface area contributed by atoms with E-state index >= 15 is 0 Å². The summed E-state index contributed by atoms with van der Waals surface area (Å²) in [5.41, 5.74) is 6.78. The maximum atomic E-state index is 14.5. The van der Waals surface area contributed by atoms with Gasteiger partial charge >= 0.3 is 0 Å². The minimum Gasteiger partial charge on any atom is -0.493 e. The summed E-state index contributed by atoms with van der Waals surface area (Å²) in [5.74, 6) is -1.64. The van der Waals surface area contributed by atoms with Gasteiger partial charge in [-0.3, -0.25) is 14.5 Å². The fourth-order valence-electron chi connectivity index (χ4n) is 7.03. The summed E-state index contributed by atoms with van der Waals surface area (Å²) in [6.45, 7) is 4.25. The number of nitrogens with two attached hydrogens (primary N) is 1. The lowest BCUT2D eigenvalue weighted by atomic mass is 9.62. The molecule has 4 atom stereocenters. The lowest BCUT2D eigenvalue weighted by Crippen LogP contribution is -2.57. The number of halogens is 2. The molecular formula is C34H39F2N3O5. The first-order valence-corrected chi connectivity index (χ1v) is 14.8. The number of methoxy groups -OCH3 is 3. The molecule has 2 saturated heterocycles. The smallest absolute Gasteiger partial charge is 0.254 e. The number of ether oxygens (including phenoxy) is 3. The molecule has 0 aromatic heterocycles. The zero-order valence-electron chi connectivity index (χ0n) is 25.5. The highest BCUT2D eigenvalue weighted by atomic mass is 19.2. The predicted octanol–water partition coefficient (Wildman–Crippen LogP) is 4.75. The van der Waals surface area contributed by atoms with Crippen LogP contribution in [0.15, 0.2) is 60.7 Å². The van der Waals surface area contributed by atoms with Crippen LogP contribution in [0.25, 0.3) is 0 Å². The van der Waals surface area contributed by atoms with E-state index in [1.165, 1.54) is 27.4 Å². The highest BCUT2D eigenvalue weighted by molar-refractivity contribution is 5.96. The monoisotopic (exact) mass is 607 g/mol. The van der Waals surface area contributed by atoms with Gasteiger partial charge in [-0.25, -0.2) is 8.78 Å². The highest BCUT2D eigenvalue weighted by Gasteiger charge is 2.51. The number of likely N-dealkylation sites (tertiary alicyclic amines) is 2. The Bertz CT molecular complexity index is 1490. The van der Waals surface area contributed by atoms with Crippen molar-refractivity contribution < 1.29 is 32.6 Å². The van der Waals surface area contributed by atoms with Gasteiger partial charge in [0.1, 0.15) is 0 Å². The molecule has 10 heteroatoms. The van der Waals surface area contributed by atoms with Crippen LogP contribution in [0.5, 0.6) is 17.2 Å². The van der Waals surface area contributed by atoms with Crippen molar-refractivity contribution in [1.82, 2.24) is 9.80 Å². The fraction of sp³-hybridized carbons (Fsp3) is 0.412. The van der Waals surface area contributed by atoms with Crippen LogP contribution in [0, 0.1) is 17.6 Å². The quantitative estimate of drug-likeness (QED) is 0.377. The number of benzene rings is 3. The zero-order valence-corrected chi connectivity index (χ0v) is 25.5. The van der Waals surface area contributed by atoms with Gasteiger partial charge in [0, 0.05) is 37.2 Å². The zero-order chi connectivity index (χ0) is 31.6. The minimum absolute atomic E-state index is 0.0437. The van der Waals surface area contributed by atoms with Crippen LogP contribution < -0.4 is 19.9 Å². The van der Waals surface area contributed by atoms with E-state index < -0.39 is 28.9 Å². The largest absolute Gasteiger partial charge is 0.493 e. The number of hydrogen-bond donors (Lipinski definition) is 1. The molecule has 2 aliphatic heterocycles.